The van der Waals surface area contributed by atoms with Crippen LogP contribution in [0.5, 0.6) is 0 Å². The third-order valence-electron chi connectivity index (χ3n) is 3.06. The summed E-state index contributed by atoms with van der Waals surface area (Å²) >= 11 is 0. The predicted octanol–water partition coefficient (Wildman–Crippen LogP) is 1.66. The van der Waals surface area contributed by atoms with E-state index in [-0.39, 0.29) is 12.1 Å². The van der Waals surface area contributed by atoms with Crippen LogP contribution in [0.2, 0.25) is 0 Å². The van der Waals surface area contributed by atoms with E-state index in [1.54, 1.807) is 7.11 Å². The van der Waals surface area contributed by atoms with Gasteiger partial charge in [-0.1, -0.05) is 24.3 Å². The normalized spacial score (nSPS) is 23.4. The van der Waals surface area contributed by atoms with Crippen LogP contribution < -0.4 is 5.73 Å². The first-order valence-electron chi connectivity index (χ1n) is 5.77. The molecule has 0 aliphatic heterocycles. The minimum absolute atomic E-state index is 0.0266. The Morgan fingerprint density at radius 2 is 2.12 bits per heavy atom. The first-order chi connectivity index (χ1) is 7.83. The highest BCUT2D eigenvalue weighted by Crippen LogP contribution is 2.31. The van der Waals surface area contributed by atoms with Crippen LogP contribution in [-0.4, -0.2) is 26.4 Å². The maximum absolute atomic E-state index is 6.15. The van der Waals surface area contributed by atoms with E-state index in [0.717, 1.165) is 26.1 Å². The van der Waals surface area contributed by atoms with Crippen LogP contribution in [0.25, 0.3) is 0 Å². The Bertz CT molecular complexity index is 340. The third kappa shape index (κ3) is 2.43. The van der Waals surface area contributed by atoms with Crippen LogP contribution in [0.4, 0.5) is 0 Å². The summed E-state index contributed by atoms with van der Waals surface area (Å²) in [5.74, 6) is 0. The lowest BCUT2D eigenvalue weighted by Crippen LogP contribution is -2.25. The second-order valence-corrected chi connectivity index (χ2v) is 4.18. The zero-order valence-electron chi connectivity index (χ0n) is 9.69. The monoisotopic (exact) mass is 221 g/mol. The summed E-state index contributed by atoms with van der Waals surface area (Å²) in [4.78, 5) is 0. The van der Waals surface area contributed by atoms with Crippen molar-refractivity contribution in [1.82, 2.24) is 0 Å². The van der Waals surface area contributed by atoms with Gasteiger partial charge in [0.15, 0.2) is 0 Å². The largest absolute Gasteiger partial charge is 0.385 e. The summed E-state index contributed by atoms with van der Waals surface area (Å²) in [6, 6.07) is 8.34. The number of methoxy groups -OCH3 is 1. The molecule has 88 valence electrons. The van der Waals surface area contributed by atoms with Crippen molar-refractivity contribution < 1.29 is 9.47 Å². The Morgan fingerprint density at radius 3 is 2.88 bits per heavy atom. The molecular weight excluding hydrogens is 202 g/mol. The summed E-state index contributed by atoms with van der Waals surface area (Å²) in [5.41, 5.74) is 8.71. The van der Waals surface area contributed by atoms with Gasteiger partial charge in [-0.3, -0.25) is 0 Å². The molecule has 1 aromatic carbocycles. The van der Waals surface area contributed by atoms with Gasteiger partial charge in [-0.25, -0.2) is 0 Å². The van der Waals surface area contributed by atoms with E-state index in [4.69, 9.17) is 15.2 Å². The van der Waals surface area contributed by atoms with Crippen molar-refractivity contribution in [2.45, 2.75) is 25.0 Å². The van der Waals surface area contributed by atoms with E-state index in [9.17, 15) is 0 Å². The molecule has 3 nitrogen and oxygen atoms in total. The molecule has 0 bridgehead atoms. The van der Waals surface area contributed by atoms with E-state index in [1.165, 1.54) is 11.1 Å². The minimum atomic E-state index is 0.0266. The number of hydrogen-bond acceptors (Lipinski definition) is 3. The molecule has 2 atom stereocenters. The molecule has 1 aliphatic rings. The first-order valence-corrected chi connectivity index (χ1v) is 5.77. The predicted molar refractivity (Wildman–Crippen MR) is 63.3 cm³/mol. The lowest BCUT2D eigenvalue weighted by atomic mass is 10.1. The second kappa shape index (κ2) is 5.43. The smallest absolute Gasteiger partial charge is 0.0808 e. The molecule has 0 radical (unpaired) electrons. The van der Waals surface area contributed by atoms with Gasteiger partial charge < -0.3 is 15.2 Å². The maximum atomic E-state index is 6.15. The standard InChI is InChI=1S/C13H19NO2/c1-15-7-4-8-16-12-9-10-5-2-3-6-11(10)13(12)14/h2-3,5-6,12-13H,4,7-9,14H2,1H3. The van der Waals surface area contributed by atoms with E-state index >= 15 is 0 Å². The lowest BCUT2D eigenvalue weighted by Gasteiger charge is -2.16. The molecule has 1 aliphatic carbocycles. The number of hydrogen-bond donors (Lipinski definition) is 1. The van der Waals surface area contributed by atoms with Crippen LogP contribution in [0.1, 0.15) is 23.6 Å². The van der Waals surface area contributed by atoms with E-state index < -0.39 is 0 Å². The van der Waals surface area contributed by atoms with Gasteiger partial charge in [0.05, 0.1) is 12.1 Å². The van der Waals surface area contributed by atoms with Crippen molar-refractivity contribution in [2.24, 2.45) is 5.73 Å². The number of rotatable bonds is 5. The molecule has 0 fully saturated rings. The average molecular weight is 221 g/mol. The molecule has 2 unspecified atom stereocenters. The van der Waals surface area contributed by atoms with Crippen LogP contribution in [0.15, 0.2) is 24.3 Å². The summed E-state index contributed by atoms with van der Waals surface area (Å²) in [6.45, 7) is 1.47. The van der Waals surface area contributed by atoms with E-state index in [1.807, 2.05) is 6.07 Å². The average Bonchev–Trinajstić information content (AvgIpc) is 2.63. The highest BCUT2D eigenvalue weighted by Gasteiger charge is 2.29. The van der Waals surface area contributed by atoms with Crippen molar-refractivity contribution in [3.05, 3.63) is 35.4 Å². The fraction of sp³-hybridized carbons (Fsp3) is 0.538. The van der Waals surface area contributed by atoms with Gasteiger partial charge in [-0.2, -0.15) is 0 Å². The Morgan fingerprint density at radius 1 is 1.31 bits per heavy atom. The number of fused-ring (bicyclic) bond motifs is 1. The van der Waals surface area contributed by atoms with Crippen LogP contribution in [-0.2, 0) is 15.9 Å². The Kier molecular flexibility index (Phi) is 3.93. The van der Waals surface area contributed by atoms with Gasteiger partial charge in [0.1, 0.15) is 0 Å². The van der Waals surface area contributed by atoms with Gasteiger partial charge in [-0.05, 0) is 17.5 Å². The molecule has 2 rings (SSSR count). The Hall–Kier alpha value is -0.900. The minimum Gasteiger partial charge on any atom is -0.385 e. The molecule has 3 heteroatoms. The molecule has 0 heterocycles. The van der Waals surface area contributed by atoms with Crippen LogP contribution in [0.3, 0.4) is 0 Å². The van der Waals surface area contributed by atoms with Gasteiger partial charge in [-0.15, -0.1) is 0 Å². The van der Waals surface area contributed by atoms with Crippen LogP contribution >= 0.6 is 0 Å². The molecule has 0 amide bonds. The van der Waals surface area contributed by atoms with Crippen molar-refractivity contribution in [1.29, 1.82) is 0 Å². The lowest BCUT2D eigenvalue weighted by molar-refractivity contribution is 0.0313. The molecule has 1 aromatic rings. The number of benzene rings is 1. The second-order valence-electron chi connectivity index (χ2n) is 4.18. The van der Waals surface area contributed by atoms with Crippen molar-refractivity contribution in [3.63, 3.8) is 0 Å². The van der Waals surface area contributed by atoms with Gasteiger partial charge in [0.25, 0.3) is 0 Å². The Balaban J connectivity index is 1.87. The fourth-order valence-electron chi connectivity index (χ4n) is 2.19. The van der Waals surface area contributed by atoms with Gasteiger partial charge in [0.2, 0.25) is 0 Å². The van der Waals surface area contributed by atoms with Crippen molar-refractivity contribution in [2.75, 3.05) is 20.3 Å². The molecule has 2 N–H and O–H groups in total. The summed E-state index contributed by atoms with van der Waals surface area (Å²) in [6.07, 6.45) is 2.00. The SMILES string of the molecule is COCCCOC1Cc2ccccc2C1N. The first kappa shape index (κ1) is 11.6. The third-order valence-corrected chi connectivity index (χ3v) is 3.06. The maximum Gasteiger partial charge on any atom is 0.0808 e. The van der Waals surface area contributed by atoms with Crippen molar-refractivity contribution >= 4 is 0 Å². The highest BCUT2D eigenvalue weighted by atomic mass is 16.5. The molecule has 0 aromatic heterocycles. The quantitative estimate of drug-likeness (QED) is 0.769. The molecule has 16 heavy (non-hydrogen) atoms. The van der Waals surface area contributed by atoms with E-state index in [2.05, 4.69) is 18.2 Å². The molecule has 0 spiro atoms. The van der Waals surface area contributed by atoms with Crippen molar-refractivity contribution in [3.8, 4) is 0 Å². The molecule has 0 saturated heterocycles. The fourth-order valence-corrected chi connectivity index (χ4v) is 2.19. The number of nitrogens with two attached hydrogens (primary N) is 1. The van der Waals surface area contributed by atoms with E-state index in [0.29, 0.717) is 0 Å². The highest BCUT2D eigenvalue weighted by molar-refractivity contribution is 5.36. The molecular formula is C13H19NO2. The van der Waals surface area contributed by atoms with Gasteiger partial charge >= 0.3 is 0 Å². The zero-order valence-corrected chi connectivity index (χ0v) is 9.69. The summed E-state index contributed by atoms with van der Waals surface area (Å²) in [5, 5.41) is 0. The molecule has 0 saturated carbocycles. The topological polar surface area (TPSA) is 44.5 Å². The Labute approximate surface area is 96.5 Å². The van der Waals surface area contributed by atoms with Gasteiger partial charge in [0, 0.05) is 26.7 Å². The zero-order chi connectivity index (χ0) is 11.4. The van der Waals surface area contributed by atoms with Crippen LogP contribution in [0, 0.1) is 0 Å². The summed E-state index contributed by atoms with van der Waals surface area (Å²) in [7, 11) is 1.71. The summed E-state index contributed by atoms with van der Waals surface area (Å²) < 4.78 is 10.8. The number of ether oxygens (including phenoxy) is 2.